The minimum absolute atomic E-state index is 0.0286. The number of hydrogen-bond acceptors (Lipinski definition) is 9. The number of nitrogens with zero attached hydrogens (tertiary/aromatic N) is 4. The third-order valence-electron chi connectivity index (χ3n) is 11.3. The molecule has 2 aromatic carbocycles. The third-order valence-corrected chi connectivity index (χ3v) is 11.6. The van der Waals surface area contributed by atoms with Gasteiger partial charge in [0.1, 0.15) is 30.1 Å². The average molecular weight is 851 g/mol. The molecule has 2 saturated heterocycles. The molecule has 0 bridgehead atoms. The van der Waals surface area contributed by atoms with E-state index < -0.39 is 47.2 Å². The van der Waals surface area contributed by atoms with Gasteiger partial charge in [0.15, 0.2) is 0 Å². The number of piperidine rings is 1. The summed E-state index contributed by atoms with van der Waals surface area (Å²) in [7, 11) is 0. The number of nitrogens with one attached hydrogen (secondary N) is 4. The quantitative estimate of drug-likeness (QED) is 0.106. The zero-order valence-corrected chi connectivity index (χ0v) is 36.3. The zero-order chi connectivity index (χ0) is 44.0. The smallest absolute Gasteiger partial charge is 0.274 e. The summed E-state index contributed by atoms with van der Waals surface area (Å²) in [5, 5.41) is 26.9. The van der Waals surface area contributed by atoms with E-state index in [-0.39, 0.29) is 43.5 Å². The molecule has 5 N–H and O–H groups in total. The Morgan fingerprint density at radius 3 is 2.46 bits per heavy atom. The predicted octanol–water partition coefficient (Wildman–Crippen LogP) is 5.67. The minimum Gasteiger partial charge on any atom is -0.391 e. The molecule has 14 nitrogen and oxygen atoms in total. The second-order valence-corrected chi connectivity index (χ2v) is 17.3. The van der Waals surface area contributed by atoms with Crippen LogP contribution in [-0.4, -0.2) is 98.8 Å². The highest BCUT2D eigenvalue weighted by Gasteiger charge is 2.45. The van der Waals surface area contributed by atoms with Gasteiger partial charge in [-0.15, -0.1) is 6.42 Å². The summed E-state index contributed by atoms with van der Waals surface area (Å²) in [6.45, 7) is 11.8. The average Bonchev–Trinajstić information content (AvgIpc) is 3.89. The van der Waals surface area contributed by atoms with Gasteiger partial charge >= 0.3 is 0 Å². The van der Waals surface area contributed by atoms with Gasteiger partial charge in [-0.05, 0) is 92.6 Å². The Morgan fingerprint density at radius 2 is 1.80 bits per heavy atom. The molecule has 15 heteroatoms. The molecule has 0 spiro atoms. The highest BCUT2D eigenvalue weighted by molar-refractivity contribution is 6.34. The fourth-order valence-electron chi connectivity index (χ4n) is 7.79. The number of ether oxygens (including phenoxy) is 1. The molecule has 4 heterocycles. The highest BCUT2D eigenvalue weighted by atomic mass is 35.5. The van der Waals surface area contributed by atoms with Crippen molar-refractivity contribution in [3.8, 4) is 23.7 Å². The van der Waals surface area contributed by atoms with Gasteiger partial charge < -0.3 is 35.6 Å². The molecule has 2 fully saturated rings. The Hall–Kier alpha value is -5.75. The molecule has 0 saturated carbocycles. The number of hydrogen-bond donors (Lipinski definition) is 5. The number of aliphatic hydroxyl groups is 1. The van der Waals surface area contributed by atoms with Crippen LogP contribution in [0.5, 0.6) is 0 Å². The van der Waals surface area contributed by atoms with E-state index in [1.165, 1.54) is 4.90 Å². The van der Waals surface area contributed by atoms with Crippen molar-refractivity contribution in [2.45, 2.75) is 104 Å². The normalized spacial score (nSPS) is 20.0. The van der Waals surface area contributed by atoms with Crippen molar-refractivity contribution in [1.82, 2.24) is 30.7 Å². The number of aromatic nitrogens is 3. The van der Waals surface area contributed by atoms with Gasteiger partial charge in [0, 0.05) is 42.5 Å². The van der Waals surface area contributed by atoms with Crippen LogP contribution < -0.4 is 20.9 Å². The topological polar surface area (TPSA) is 182 Å². The number of aromatic amines is 1. The molecular formula is C46H55ClN8O6. The van der Waals surface area contributed by atoms with Gasteiger partial charge in [0.25, 0.3) is 5.91 Å². The maximum absolute atomic E-state index is 14.1. The lowest BCUT2D eigenvalue weighted by atomic mass is 9.85. The monoisotopic (exact) mass is 850 g/mol. The Bertz CT molecular complexity index is 2270. The van der Waals surface area contributed by atoms with Crippen molar-refractivity contribution in [1.29, 1.82) is 0 Å². The van der Waals surface area contributed by atoms with Gasteiger partial charge in [-0.3, -0.25) is 24.3 Å². The first kappa shape index (κ1) is 44.8. The van der Waals surface area contributed by atoms with Crippen molar-refractivity contribution in [3.05, 3.63) is 94.3 Å². The Morgan fingerprint density at radius 1 is 1.05 bits per heavy atom. The third kappa shape index (κ3) is 11.0. The van der Waals surface area contributed by atoms with Crippen LogP contribution in [0.4, 0.5) is 11.4 Å². The van der Waals surface area contributed by atoms with E-state index in [1.54, 1.807) is 36.4 Å². The van der Waals surface area contributed by atoms with E-state index >= 15 is 0 Å². The number of halogens is 1. The van der Waals surface area contributed by atoms with Crippen LogP contribution in [0.3, 0.4) is 0 Å². The minimum atomic E-state index is -0.978. The molecule has 4 amide bonds. The largest absolute Gasteiger partial charge is 0.391 e. The maximum atomic E-state index is 14.1. The van der Waals surface area contributed by atoms with E-state index in [0.29, 0.717) is 41.5 Å². The van der Waals surface area contributed by atoms with E-state index in [9.17, 15) is 24.3 Å². The van der Waals surface area contributed by atoms with Crippen LogP contribution in [0.15, 0.2) is 66.7 Å². The van der Waals surface area contributed by atoms with E-state index in [2.05, 4.69) is 48.9 Å². The number of amides is 4. The van der Waals surface area contributed by atoms with Crippen LogP contribution in [0.25, 0.3) is 11.4 Å². The van der Waals surface area contributed by atoms with Crippen LogP contribution in [-0.2, 0) is 25.5 Å². The number of likely N-dealkylation sites (tertiary alicyclic amines) is 1. The highest BCUT2D eigenvalue weighted by Crippen LogP contribution is 2.33. The molecule has 6 atom stereocenters. The number of aliphatic hydroxyl groups excluding tert-OH is 1. The second-order valence-electron chi connectivity index (χ2n) is 16.9. The van der Waals surface area contributed by atoms with Crippen LogP contribution in [0.2, 0.25) is 5.02 Å². The van der Waals surface area contributed by atoms with Crippen molar-refractivity contribution in [2.24, 2.45) is 5.41 Å². The van der Waals surface area contributed by atoms with Crippen molar-refractivity contribution in [3.63, 3.8) is 0 Å². The van der Waals surface area contributed by atoms with Gasteiger partial charge in [-0.25, -0.2) is 4.98 Å². The number of β-amino-alcohol motifs (C(OH)–C–C–N with tert-alkyl or cyclic N) is 1. The number of carbonyl (C=O) groups excluding carboxylic acids is 4. The first-order valence-electron chi connectivity index (χ1n) is 20.7. The van der Waals surface area contributed by atoms with Crippen LogP contribution in [0, 0.1) is 17.8 Å². The molecule has 322 valence electrons. The summed E-state index contributed by atoms with van der Waals surface area (Å²) in [4.78, 5) is 62.2. The summed E-state index contributed by atoms with van der Waals surface area (Å²) >= 11 is 6.70. The van der Waals surface area contributed by atoms with Gasteiger partial charge in [0.05, 0.1) is 34.7 Å². The molecule has 2 aliphatic rings. The summed E-state index contributed by atoms with van der Waals surface area (Å²) in [6.07, 6.45) is 6.54. The Balaban J connectivity index is 1.00. The molecule has 0 radical (unpaired) electrons. The summed E-state index contributed by atoms with van der Waals surface area (Å²) in [6, 6.07) is 17.7. The standard InChI is InChI=1S/C46H55ClN8O6/c1-8-29-13-15-30(16-14-29)28(4)48-44(59)40-24-33(56)25-55(40)45(60)42(46(5,6)7)51-41(57)26-61-34-19-20-54(27(3)21-34)32-17-18-36(35(47)23-32)50-43(58)38-12-10-11-37(49-38)39-22-31(9-2)52-53-39/h1,10-18,22-23,27-28,33-34,40,42,56H,9,19-21,24-26H2,2-7H3,(H,48,59)(H,50,58)(H,51,57)(H,52,53)/t27-,28-,33+,34-,40-,42+/m0/s1. The van der Waals surface area contributed by atoms with Gasteiger partial charge in [0.2, 0.25) is 17.7 Å². The number of terminal acetylenes is 1. The van der Waals surface area contributed by atoms with Gasteiger partial charge in [-0.2, -0.15) is 5.10 Å². The molecule has 0 unspecified atom stereocenters. The lowest BCUT2D eigenvalue weighted by Crippen LogP contribution is -2.58. The number of anilines is 2. The lowest BCUT2D eigenvalue weighted by Gasteiger charge is -2.39. The summed E-state index contributed by atoms with van der Waals surface area (Å²) in [5.41, 5.74) is 4.65. The summed E-state index contributed by atoms with van der Waals surface area (Å²) < 4.78 is 6.10. The number of pyridine rings is 1. The van der Waals surface area contributed by atoms with E-state index in [4.69, 9.17) is 22.8 Å². The number of H-pyrrole nitrogens is 1. The molecule has 0 aliphatic carbocycles. The lowest BCUT2D eigenvalue weighted by molar-refractivity contribution is -0.145. The zero-order valence-electron chi connectivity index (χ0n) is 35.5. The van der Waals surface area contributed by atoms with Crippen LogP contribution >= 0.6 is 11.6 Å². The summed E-state index contributed by atoms with van der Waals surface area (Å²) in [5.74, 6) is 0.885. The molecular weight excluding hydrogens is 796 g/mol. The molecule has 2 aromatic heterocycles. The fourth-order valence-corrected chi connectivity index (χ4v) is 8.01. The predicted molar refractivity (Wildman–Crippen MR) is 235 cm³/mol. The number of aryl methyl sites for hydroxylation is 1. The van der Waals surface area contributed by atoms with Crippen molar-refractivity contribution < 1.29 is 29.0 Å². The number of rotatable bonds is 13. The van der Waals surface area contributed by atoms with Gasteiger partial charge in [-0.1, -0.05) is 63.4 Å². The molecule has 61 heavy (non-hydrogen) atoms. The second kappa shape index (κ2) is 19.3. The first-order valence-corrected chi connectivity index (χ1v) is 21.1. The Kier molecular flexibility index (Phi) is 14.2. The van der Waals surface area contributed by atoms with E-state index in [1.807, 2.05) is 65.0 Å². The number of carbonyl (C=O) groups is 4. The maximum Gasteiger partial charge on any atom is 0.274 e. The SMILES string of the molecule is C#Cc1ccc([C@H](C)NC(=O)[C@@H]2C[C@@H](O)CN2C(=O)[C@@H](NC(=O)CO[C@H]2CCN(c3ccc(NC(=O)c4cccc(-c5cc(CC)[nH]n5)n4)c(Cl)c3)[C@@H](C)C2)C(C)(C)C)cc1. The first-order chi connectivity index (χ1) is 29.0. The Labute approximate surface area is 362 Å². The molecule has 2 aliphatic heterocycles. The van der Waals surface area contributed by atoms with E-state index in [0.717, 1.165) is 28.9 Å². The fraction of sp³-hybridized carbons (Fsp3) is 0.435. The number of benzene rings is 2. The molecule has 4 aromatic rings. The van der Waals surface area contributed by atoms with Crippen molar-refractivity contribution >= 4 is 46.6 Å². The van der Waals surface area contributed by atoms with Crippen LogP contribution in [0.1, 0.15) is 94.2 Å². The molecule has 6 rings (SSSR count). The van der Waals surface area contributed by atoms with Crippen molar-refractivity contribution in [2.75, 3.05) is 29.9 Å².